The molecule has 0 aromatic heterocycles. The fourth-order valence-electron chi connectivity index (χ4n) is 5.74. The second-order valence-electron chi connectivity index (χ2n) is 13.4. The van der Waals surface area contributed by atoms with Gasteiger partial charge in [-0.05, 0) is 38.5 Å². The van der Waals surface area contributed by atoms with Gasteiger partial charge in [-0.3, -0.25) is 4.79 Å². The zero-order valence-corrected chi connectivity index (χ0v) is 30.5. The van der Waals surface area contributed by atoms with Crippen LogP contribution in [0.1, 0.15) is 155 Å². The fourth-order valence-corrected chi connectivity index (χ4v) is 5.74. The van der Waals surface area contributed by atoms with Crippen LogP contribution in [0.2, 0.25) is 0 Å². The van der Waals surface area contributed by atoms with E-state index in [-0.39, 0.29) is 19.2 Å². The van der Waals surface area contributed by atoms with Crippen molar-refractivity contribution in [1.82, 2.24) is 0 Å². The van der Waals surface area contributed by atoms with Gasteiger partial charge in [-0.15, -0.1) is 0 Å². The van der Waals surface area contributed by atoms with Gasteiger partial charge in [0.25, 0.3) is 0 Å². The maximum Gasteiger partial charge on any atom is 0.306 e. The number of hydrogen-bond acceptors (Lipinski definition) is 9. The van der Waals surface area contributed by atoms with Crippen LogP contribution >= 0.6 is 0 Å². The first-order valence-electron chi connectivity index (χ1n) is 19.4. The maximum absolute atomic E-state index is 12.7. The molecule has 0 aromatic rings. The van der Waals surface area contributed by atoms with Gasteiger partial charge in [0.15, 0.2) is 6.29 Å². The van der Waals surface area contributed by atoms with Crippen molar-refractivity contribution in [2.75, 3.05) is 26.4 Å². The molecular weight excluding hydrogens is 612 g/mol. The van der Waals surface area contributed by atoms with Crippen molar-refractivity contribution in [3.8, 4) is 0 Å². The summed E-state index contributed by atoms with van der Waals surface area (Å²) in [6, 6.07) is 0. The Hall–Kier alpha value is -1.33. The summed E-state index contributed by atoms with van der Waals surface area (Å²) < 4.78 is 22.7. The summed E-state index contributed by atoms with van der Waals surface area (Å²) in [4.78, 5) is 12.7. The molecule has 1 heterocycles. The average molecular weight is 685 g/mol. The first-order chi connectivity index (χ1) is 23.4. The van der Waals surface area contributed by atoms with Crippen molar-refractivity contribution in [1.29, 1.82) is 0 Å². The Bertz CT molecular complexity index is 787. The molecule has 0 aliphatic carbocycles. The monoisotopic (exact) mass is 685 g/mol. The standard InChI is InChI=1S/C39H72O9/c1-3-5-7-9-11-13-15-16-17-18-20-22-24-26-28-35(41)47-33(32-46-39-38(44)37(43)36(42)34(30-40)48-39)31-45-29-27-25-23-21-19-14-12-10-8-6-4-2/h9,11,15-16,33-34,36-40,42-44H,3-8,10,12-14,17-32H2,1-2H3/b11-9-,16-15-. The van der Waals surface area contributed by atoms with Gasteiger partial charge in [0, 0.05) is 13.0 Å². The van der Waals surface area contributed by atoms with Gasteiger partial charge < -0.3 is 39.4 Å². The molecule has 1 saturated heterocycles. The summed E-state index contributed by atoms with van der Waals surface area (Å²) in [6.07, 6.45) is 26.2. The molecule has 0 amide bonds. The van der Waals surface area contributed by atoms with E-state index in [2.05, 4.69) is 38.2 Å². The lowest BCUT2D eigenvalue weighted by Gasteiger charge is -2.39. The molecule has 48 heavy (non-hydrogen) atoms. The van der Waals surface area contributed by atoms with E-state index in [9.17, 15) is 25.2 Å². The zero-order valence-electron chi connectivity index (χ0n) is 30.5. The number of hydrogen-bond donors (Lipinski definition) is 4. The number of rotatable bonds is 32. The molecular formula is C39H72O9. The highest BCUT2D eigenvalue weighted by molar-refractivity contribution is 5.69. The normalized spacial score (nSPS) is 22.2. The van der Waals surface area contributed by atoms with Gasteiger partial charge in [0.05, 0.1) is 19.8 Å². The largest absolute Gasteiger partial charge is 0.457 e. The molecule has 282 valence electrons. The summed E-state index contributed by atoms with van der Waals surface area (Å²) in [7, 11) is 0. The molecule has 4 N–H and O–H groups in total. The minimum Gasteiger partial charge on any atom is -0.457 e. The van der Waals surface area contributed by atoms with Crippen LogP contribution in [0.5, 0.6) is 0 Å². The number of aliphatic hydroxyl groups is 4. The number of unbranched alkanes of at least 4 members (excludes halogenated alkanes) is 17. The summed E-state index contributed by atoms with van der Waals surface area (Å²) in [5.74, 6) is -0.328. The van der Waals surface area contributed by atoms with Crippen LogP contribution in [0.15, 0.2) is 24.3 Å². The molecule has 0 saturated carbocycles. The third kappa shape index (κ3) is 23.1. The van der Waals surface area contributed by atoms with E-state index < -0.39 is 43.4 Å². The molecule has 1 fully saturated rings. The smallest absolute Gasteiger partial charge is 0.306 e. The van der Waals surface area contributed by atoms with Crippen LogP contribution in [0.3, 0.4) is 0 Å². The van der Waals surface area contributed by atoms with E-state index in [0.29, 0.717) is 13.0 Å². The van der Waals surface area contributed by atoms with E-state index in [1.54, 1.807) is 0 Å². The molecule has 9 nitrogen and oxygen atoms in total. The first-order valence-corrected chi connectivity index (χ1v) is 19.4. The minimum atomic E-state index is -1.53. The van der Waals surface area contributed by atoms with Crippen LogP contribution in [-0.2, 0) is 23.7 Å². The lowest BCUT2D eigenvalue weighted by atomic mass is 9.99. The lowest BCUT2D eigenvalue weighted by Crippen LogP contribution is -2.59. The second kappa shape index (κ2) is 31.6. The van der Waals surface area contributed by atoms with Crippen molar-refractivity contribution in [2.45, 2.75) is 192 Å². The van der Waals surface area contributed by atoms with Gasteiger partial charge in [-0.2, -0.15) is 0 Å². The Morgan fingerprint density at radius 2 is 1.23 bits per heavy atom. The van der Waals surface area contributed by atoms with E-state index in [0.717, 1.165) is 57.8 Å². The van der Waals surface area contributed by atoms with E-state index in [1.807, 2.05) is 0 Å². The van der Waals surface area contributed by atoms with E-state index in [1.165, 1.54) is 77.0 Å². The molecule has 6 unspecified atom stereocenters. The predicted molar refractivity (Wildman–Crippen MR) is 192 cm³/mol. The van der Waals surface area contributed by atoms with Crippen molar-refractivity contribution in [2.24, 2.45) is 0 Å². The van der Waals surface area contributed by atoms with E-state index in [4.69, 9.17) is 18.9 Å². The average Bonchev–Trinajstić information content (AvgIpc) is 3.08. The molecule has 6 atom stereocenters. The Morgan fingerprint density at radius 3 is 1.85 bits per heavy atom. The molecule has 1 aliphatic rings. The van der Waals surface area contributed by atoms with Crippen LogP contribution in [0, 0.1) is 0 Å². The highest BCUT2D eigenvalue weighted by atomic mass is 16.7. The van der Waals surface area contributed by atoms with Crippen LogP contribution in [0.25, 0.3) is 0 Å². The SMILES string of the molecule is CCCC/C=C\C/C=C\CCCCCCCC(=O)OC(COCCCCCCCCCCCCC)COC1OC(CO)C(O)C(O)C1O. The Kier molecular flexibility index (Phi) is 29.5. The number of aliphatic hydroxyl groups excluding tert-OH is 4. The first kappa shape index (κ1) is 44.7. The minimum absolute atomic E-state index is 0.116. The van der Waals surface area contributed by atoms with E-state index >= 15 is 0 Å². The van der Waals surface area contributed by atoms with Crippen LogP contribution in [-0.4, -0.2) is 89.6 Å². The summed E-state index contributed by atoms with van der Waals surface area (Å²) in [5, 5.41) is 39.9. The molecule has 0 aromatic carbocycles. The summed E-state index contributed by atoms with van der Waals surface area (Å²) >= 11 is 0. The molecule has 0 bridgehead atoms. The van der Waals surface area contributed by atoms with Gasteiger partial charge >= 0.3 is 5.97 Å². The number of carbonyl (C=O) groups is 1. The Labute approximate surface area is 292 Å². The third-order valence-corrected chi connectivity index (χ3v) is 8.87. The summed E-state index contributed by atoms with van der Waals surface area (Å²) in [5.41, 5.74) is 0. The lowest BCUT2D eigenvalue weighted by molar-refractivity contribution is -0.305. The molecule has 0 radical (unpaired) electrons. The highest BCUT2D eigenvalue weighted by Gasteiger charge is 2.44. The zero-order chi connectivity index (χ0) is 35.1. The van der Waals surface area contributed by atoms with Crippen molar-refractivity contribution < 1.29 is 44.2 Å². The van der Waals surface area contributed by atoms with Gasteiger partial charge in [-0.1, -0.05) is 134 Å². The van der Waals surface area contributed by atoms with Crippen molar-refractivity contribution in [3.63, 3.8) is 0 Å². The van der Waals surface area contributed by atoms with Gasteiger partial charge in [0.2, 0.25) is 0 Å². The van der Waals surface area contributed by atoms with Crippen molar-refractivity contribution in [3.05, 3.63) is 24.3 Å². The number of allylic oxidation sites excluding steroid dienone is 4. The number of carbonyl (C=O) groups excluding carboxylic acids is 1. The highest BCUT2D eigenvalue weighted by Crippen LogP contribution is 2.22. The van der Waals surface area contributed by atoms with Crippen molar-refractivity contribution >= 4 is 5.97 Å². The van der Waals surface area contributed by atoms with Crippen LogP contribution < -0.4 is 0 Å². The summed E-state index contributed by atoms with van der Waals surface area (Å²) in [6.45, 7) is 4.49. The Morgan fingerprint density at radius 1 is 0.667 bits per heavy atom. The maximum atomic E-state index is 12.7. The van der Waals surface area contributed by atoms with Gasteiger partial charge in [0.1, 0.15) is 30.5 Å². The predicted octanol–water partition coefficient (Wildman–Crippen LogP) is 7.47. The topological polar surface area (TPSA) is 135 Å². The molecule has 9 heteroatoms. The third-order valence-electron chi connectivity index (χ3n) is 8.87. The molecule has 1 aliphatic heterocycles. The Balaban J connectivity index is 2.34. The molecule has 0 spiro atoms. The van der Waals surface area contributed by atoms with Gasteiger partial charge in [-0.25, -0.2) is 0 Å². The molecule has 1 rings (SSSR count). The number of ether oxygens (including phenoxy) is 4. The quantitative estimate of drug-likeness (QED) is 0.0323. The van der Waals surface area contributed by atoms with Crippen LogP contribution in [0.4, 0.5) is 0 Å². The fraction of sp³-hybridized carbons (Fsp3) is 0.872. The number of esters is 1. The second-order valence-corrected chi connectivity index (χ2v) is 13.4.